The van der Waals surface area contributed by atoms with Crippen LogP contribution in [-0.2, 0) is 73.7 Å². The summed E-state index contributed by atoms with van der Waals surface area (Å²) in [6.45, 7) is 0. The molecule has 0 rings (SSSR count). The molecule has 0 saturated carbocycles. The van der Waals surface area contributed by atoms with Crippen LogP contribution in [0.15, 0.2) is 0 Å². The third-order valence-corrected chi connectivity index (χ3v) is 0. The summed E-state index contributed by atoms with van der Waals surface area (Å²) >= 11 is -1.44. The Labute approximate surface area is 87.9 Å². The Morgan fingerprint density at radius 2 is 1.00 bits per heavy atom. The molecule has 6 heteroatoms. The van der Waals surface area contributed by atoms with E-state index in [0.29, 0.717) is 0 Å². The molecule has 0 bridgehead atoms. The molecule has 0 heterocycles. The SMILES string of the molecule is C.C.[Mn+2].[Mn+3].[Mn].[O]=[Mn]=[O]. The van der Waals surface area contributed by atoms with E-state index < -0.39 is 14.8 Å². The average molecular weight is 284 g/mol. The predicted molar refractivity (Wildman–Crippen MR) is 14.8 cm³/mol. The van der Waals surface area contributed by atoms with E-state index in [4.69, 9.17) is 7.67 Å². The minimum atomic E-state index is -1.44. The molecule has 0 aromatic heterocycles. The van der Waals surface area contributed by atoms with Gasteiger partial charge in [-0.1, -0.05) is 14.9 Å². The van der Waals surface area contributed by atoms with Gasteiger partial charge in [0, 0.05) is 17.1 Å². The van der Waals surface area contributed by atoms with Gasteiger partial charge < -0.3 is 0 Å². The Morgan fingerprint density at radius 3 is 1.00 bits per heavy atom. The molecule has 0 unspecified atom stereocenters. The minimum absolute atomic E-state index is 0. The van der Waals surface area contributed by atoms with Crippen LogP contribution in [0, 0.1) is 0 Å². The molecule has 0 aliphatic carbocycles. The van der Waals surface area contributed by atoms with Gasteiger partial charge >= 0.3 is 56.6 Å². The van der Waals surface area contributed by atoms with E-state index in [0.717, 1.165) is 0 Å². The van der Waals surface area contributed by atoms with Crippen molar-refractivity contribution in [3.05, 3.63) is 0 Å². The normalized spacial score (nSPS) is 1.50. The van der Waals surface area contributed by atoms with Crippen LogP contribution in [0.4, 0.5) is 0 Å². The monoisotopic (exact) mass is 284 g/mol. The summed E-state index contributed by atoms with van der Waals surface area (Å²) in [6.07, 6.45) is 0. The van der Waals surface area contributed by atoms with Crippen molar-refractivity contribution in [1.82, 2.24) is 0 Å². The Kier molecular flexibility index (Phi) is 480. The van der Waals surface area contributed by atoms with Crippen molar-refractivity contribution in [1.29, 1.82) is 0 Å². The molecule has 0 amide bonds. The van der Waals surface area contributed by atoms with Gasteiger partial charge in [-0.25, -0.2) is 0 Å². The summed E-state index contributed by atoms with van der Waals surface area (Å²) in [7, 11) is 0. The Bertz CT molecular complexity index is 33.0. The average Bonchev–Trinajstić information content (AvgIpc) is 0.918. The molecule has 0 fully saturated rings. The Hall–Kier alpha value is 1.68. The van der Waals surface area contributed by atoms with Gasteiger partial charge in [-0.05, 0) is 0 Å². The van der Waals surface area contributed by atoms with Gasteiger partial charge in [-0.15, -0.1) is 0 Å². The van der Waals surface area contributed by atoms with Gasteiger partial charge in [0.15, 0.2) is 0 Å². The molecule has 51 valence electrons. The maximum absolute atomic E-state index is 8.41. The first-order valence-corrected chi connectivity index (χ1v) is 1.27. The summed E-state index contributed by atoms with van der Waals surface area (Å²) < 4.78 is 16.8. The molecule has 0 saturated heterocycles. The summed E-state index contributed by atoms with van der Waals surface area (Å²) in [5.74, 6) is 0. The Balaban J connectivity index is -0.00000000200. The van der Waals surface area contributed by atoms with Gasteiger partial charge in [-0.2, -0.15) is 0 Å². The summed E-state index contributed by atoms with van der Waals surface area (Å²) in [4.78, 5) is 0. The first kappa shape index (κ1) is 53.9. The van der Waals surface area contributed by atoms with Crippen LogP contribution < -0.4 is 0 Å². The fourth-order valence-corrected chi connectivity index (χ4v) is 0. The van der Waals surface area contributed by atoms with Crippen molar-refractivity contribution in [2.45, 2.75) is 14.9 Å². The number of hydrogen-bond acceptors (Lipinski definition) is 2. The molecule has 2 nitrogen and oxygen atoms in total. The number of hydrogen-bond donors (Lipinski definition) is 0. The second-order valence-corrected chi connectivity index (χ2v) is 0.260. The molecular formula is C2H8Mn4O2+5. The van der Waals surface area contributed by atoms with E-state index in [2.05, 4.69) is 0 Å². The summed E-state index contributed by atoms with van der Waals surface area (Å²) in [6, 6.07) is 0. The van der Waals surface area contributed by atoms with E-state index in [1.165, 1.54) is 0 Å². The topological polar surface area (TPSA) is 34.1 Å². The van der Waals surface area contributed by atoms with Gasteiger partial charge in [0.25, 0.3) is 0 Å². The van der Waals surface area contributed by atoms with Crippen molar-refractivity contribution in [3.8, 4) is 0 Å². The third-order valence-electron chi connectivity index (χ3n) is 0. The zero-order valence-corrected chi connectivity index (χ0v) is 7.05. The van der Waals surface area contributed by atoms with Crippen molar-refractivity contribution < 1.29 is 73.7 Å². The fraction of sp³-hybridized carbons (Fsp3) is 1.00. The predicted octanol–water partition coefficient (Wildman–Crippen LogP) is 1.02. The first-order valence-electron chi connectivity index (χ1n) is 0.309. The first-order chi connectivity index (χ1) is 1.41. The molecule has 8 heavy (non-hydrogen) atoms. The van der Waals surface area contributed by atoms with E-state index in [-0.39, 0.29) is 66.1 Å². The van der Waals surface area contributed by atoms with Crippen molar-refractivity contribution >= 4 is 0 Å². The quantitative estimate of drug-likeness (QED) is 0.622. The number of rotatable bonds is 0. The standard InChI is InChI=1S/2CH4.4Mn.2O/h2*1H4;;;;;;/q;;;;+2;+3;;. The molecular weight excluding hydrogens is 276 g/mol. The Morgan fingerprint density at radius 1 is 1.00 bits per heavy atom. The van der Waals surface area contributed by atoms with Gasteiger partial charge in [0.1, 0.15) is 0 Å². The van der Waals surface area contributed by atoms with E-state index in [1.54, 1.807) is 0 Å². The van der Waals surface area contributed by atoms with E-state index in [1.807, 2.05) is 0 Å². The van der Waals surface area contributed by atoms with Crippen LogP contribution >= 0.6 is 0 Å². The van der Waals surface area contributed by atoms with Gasteiger partial charge in [-0.3, -0.25) is 0 Å². The van der Waals surface area contributed by atoms with Crippen LogP contribution in [0.5, 0.6) is 0 Å². The van der Waals surface area contributed by atoms with Crippen molar-refractivity contribution in [2.75, 3.05) is 0 Å². The van der Waals surface area contributed by atoms with Crippen LogP contribution in [-0.4, -0.2) is 0 Å². The van der Waals surface area contributed by atoms with Crippen LogP contribution in [0.2, 0.25) is 0 Å². The molecule has 2 radical (unpaired) electrons. The third kappa shape index (κ3) is 122. The van der Waals surface area contributed by atoms with E-state index >= 15 is 0 Å². The zero-order chi connectivity index (χ0) is 2.71. The molecule has 0 aromatic rings. The fourth-order valence-electron chi connectivity index (χ4n) is 0. The van der Waals surface area contributed by atoms with Crippen molar-refractivity contribution in [3.63, 3.8) is 0 Å². The van der Waals surface area contributed by atoms with Crippen LogP contribution in [0.1, 0.15) is 14.9 Å². The summed E-state index contributed by atoms with van der Waals surface area (Å²) in [5, 5.41) is 0. The molecule has 0 aromatic carbocycles. The molecule has 0 atom stereocenters. The van der Waals surface area contributed by atoms with Gasteiger partial charge in [0.05, 0.1) is 0 Å². The second-order valence-electron chi connectivity index (χ2n) is 0.0630. The second kappa shape index (κ2) is 71.3. The van der Waals surface area contributed by atoms with Gasteiger partial charge in [0.2, 0.25) is 0 Å². The van der Waals surface area contributed by atoms with E-state index in [9.17, 15) is 0 Å². The summed E-state index contributed by atoms with van der Waals surface area (Å²) in [5.41, 5.74) is 0. The molecule has 0 N–H and O–H groups in total. The molecule has 0 aliphatic heterocycles. The maximum atomic E-state index is 8.41. The molecule has 0 aliphatic rings. The van der Waals surface area contributed by atoms with Crippen LogP contribution in [0.3, 0.4) is 0 Å². The van der Waals surface area contributed by atoms with Crippen molar-refractivity contribution in [2.24, 2.45) is 0 Å². The molecule has 0 spiro atoms. The zero-order valence-electron chi connectivity index (χ0n) is 2.33. The van der Waals surface area contributed by atoms with Crippen LogP contribution in [0.25, 0.3) is 0 Å².